The quantitative estimate of drug-likeness (QED) is 0.0350. The summed E-state index contributed by atoms with van der Waals surface area (Å²) in [7, 11) is -3.89. The third-order valence-electron chi connectivity index (χ3n) is 11.1. The van der Waals surface area contributed by atoms with Crippen molar-refractivity contribution >= 4 is 37.4 Å². The lowest BCUT2D eigenvalue weighted by Gasteiger charge is -2.45. The molecule has 4 aromatic rings. The molecule has 0 aliphatic carbocycles. The van der Waals surface area contributed by atoms with Gasteiger partial charge in [-0.1, -0.05) is 219 Å². The Hall–Kier alpha value is -4.49. The van der Waals surface area contributed by atoms with E-state index in [0.717, 1.165) is 12.8 Å². The molecule has 1 aliphatic heterocycles. The van der Waals surface area contributed by atoms with Crippen molar-refractivity contribution in [2.75, 3.05) is 7.11 Å². The monoisotopic (exact) mass is 822 g/mol. The third kappa shape index (κ3) is 11.6. The van der Waals surface area contributed by atoms with Gasteiger partial charge in [-0.2, -0.15) is 0 Å². The molecule has 0 fully saturated rings. The molecule has 1 aliphatic rings. The van der Waals surface area contributed by atoms with Gasteiger partial charge in [-0.15, -0.1) is 0 Å². The van der Waals surface area contributed by atoms with E-state index in [-0.39, 0.29) is 22.3 Å². The van der Waals surface area contributed by atoms with Crippen LogP contribution in [0.2, 0.25) is 10.1 Å². The van der Waals surface area contributed by atoms with E-state index < -0.39 is 22.9 Å². The van der Waals surface area contributed by atoms with Crippen molar-refractivity contribution in [1.82, 2.24) is 0 Å². The smallest absolute Gasteiger partial charge is 0.261 e. The van der Waals surface area contributed by atoms with Crippen LogP contribution in [0.5, 0.6) is 0 Å². The molecule has 4 nitrogen and oxygen atoms in total. The molecular weight excluding hydrogens is 757 g/mol. The Balaban J connectivity index is 1.42. The van der Waals surface area contributed by atoms with Crippen LogP contribution in [0.15, 0.2) is 170 Å². The Labute approximate surface area is 358 Å². The van der Waals surface area contributed by atoms with Gasteiger partial charge < -0.3 is 18.3 Å². The molecule has 0 aromatic heterocycles. The summed E-state index contributed by atoms with van der Waals surface area (Å²) in [6.07, 6.45) is 20.1. The zero-order valence-corrected chi connectivity index (χ0v) is 38.7. The second kappa shape index (κ2) is 21.7. The largest absolute Gasteiger partial charge is 0.457 e. The van der Waals surface area contributed by atoms with E-state index in [1.165, 1.54) is 40.0 Å². The number of benzene rings is 4. The van der Waals surface area contributed by atoms with E-state index in [9.17, 15) is 0 Å². The average Bonchev–Trinajstić information content (AvgIpc) is 3.24. The molecule has 5 rings (SSSR count). The summed E-state index contributed by atoms with van der Waals surface area (Å²) in [6, 6.07) is 43.2. The maximum atomic E-state index is 7.54. The number of rotatable bonds is 17. The second-order valence-electron chi connectivity index (χ2n) is 17.4. The van der Waals surface area contributed by atoms with Gasteiger partial charge in [0, 0.05) is 13.5 Å². The maximum Gasteiger partial charge on any atom is 0.261 e. The first kappa shape index (κ1) is 45.6. The summed E-state index contributed by atoms with van der Waals surface area (Å²) < 4.78 is 26.9. The first-order valence-electron chi connectivity index (χ1n) is 21.4. The minimum absolute atomic E-state index is 0.124. The molecule has 0 saturated heterocycles. The number of hydrogen-bond acceptors (Lipinski definition) is 4. The van der Waals surface area contributed by atoms with Crippen LogP contribution in [0.25, 0.3) is 0 Å². The third-order valence-corrected chi connectivity index (χ3v) is 21.2. The average molecular weight is 823 g/mol. The lowest BCUT2D eigenvalue weighted by molar-refractivity contribution is -0.115. The highest BCUT2D eigenvalue weighted by atomic mass is 28.4. The topological polar surface area (TPSA) is 36.9 Å². The standard InChI is InChI=1S/C53H66O4Si2/c1-9-10-11-12-13-20-31-44(56-58(52(2,3)4,47-34-23-16-24-35-47)48-36-25-17-26-37-48)32-21-14-15-22-33-45-42-46(43-51(54-8)55-45)57-59(53(5,6)7,49-38-27-18-28-39-49)50-40-29-19-30-41-50/h13-21,23-30,32,34-42,44,46,51H,9-12,31,43H2,1-8H3/b15-14+,20-13-,32-21+/t44-,46-,51-/m1/s1. The van der Waals surface area contributed by atoms with Crippen LogP contribution < -0.4 is 20.7 Å². The predicted molar refractivity (Wildman–Crippen MR) is 254 cm³/mol. The molecule has 6 heteroatoms. The van der Waals surface area contributed by atoms with Gasteiger partial charge in [0.2, 0.25) is 6.29 Å². The Kier molecular flexibility index (Phi) is 16.8. The molecule has 4 aromatic carbocycles. The van der Waals surface area contributed by atoms with E-state index in [1.807, 2.05) is 18.2 Å². The fraction of sp³-hybridized carbons (Fsp3) is 0.358. The SMILES string of the molecule is CCCCC/C=C\C[C@H](/C=C/C=C/C#CC1=C[C@@H](O[Si](c2ccccc2)(c2ccccc2)C(C)(C)C)C[C@H](OC)O1)O[Si](c1ccccc1)(c1ccccc1)C(C)(C)C. The predicted octanol–water partition coefficient (Wildman–Crippen LogP) is 10.8. The van der Waals surface area contributed by atoms with Gasteiger partial charge in [-0.25, -0.2) is 0 Å². The minimum atomic E-state index is -2.80. The second-order valence-corrected chi connectivity index (χ2v) is 25.9. The van der Waals surface area contributed by atoms with Crippen molar-refractivity contribution < 1.29 is 18.3 Å². The van der Waals surface area contributed by atoms with Gasteiger partial charge in [0.05, 0.1) is 12.2 Å². The summed E-state index contributed by atoms with van der Waals surface area (Å²) in [5.74, 6) is 7.04. The summed E-state index contributed by atoms with van der Waals surface area (Å²) >= 11 is 0. The number of ether oxygens (including phenoxy) is 2. The molecule has 59 heavy (non-hydrogen) atoms. The highest BCUT2D eigenvalue weighted by molar-refractivity contribution is 7.00. The number of hydrogen-bond donors (Lipinski definition) is 0. The normalized spacial score (nSPS) is 17.1. The summed E-state index contributed by atoms with van der Waals surface area (Å²) in [4.78, 5) is 0. The zero-order chi connectivity index (χ0) is 42.2. The summed E-state index contributed by atoms with van der Waals surface area (Å²) in [6.45, 7) is 16.1. The van der Waals surface area contributed by atoms with Crippen molar-refractivity contribution in [1.29, 1.82) is 0 Å². The molecule has 1 heterocycles. The first-order valence-corrected chi connectivity index (χ1v) is 25.2. The summed E-state index contributed by atoms with van der Waals surface area (Å²) in [5.41, 5.74) is 0. The summed E-state index contributed by atoms with van der Waals surface area (Å²) in [5, 5.41) is 4.74. The van der Waals surface area contributed by atoms with E-state index in [1.54, 1.807) is 7.11 Å². The van der Waals surface area contributed by atoms with Crippen molar-refractivity contribution in [3.63, 3.8) is 0 Å². The zero-order valence-electron chi connectivity index (χ0n) is 36.7. The molecule has 0 bridgehead atoms. The minimum Gasteiger partial charge on any atom is -0.457 e. The van der Waals surface area contributed by atoms with Crippen LogP contribution in [-0.2, 0) is 18.3 Å². The van der Waals surface area contributed by atoms with Crippen molar-refractivity contribution in [3.05, 3.63) is 170 Å². The number of allylic oxidation sites excluding steroid dienone is 5. The Morgan fingerprint density at radius 2 is 1.20 bits per heavy atom. The van der Waals surface area contributed by atoms with Crippen LogP contribution in [0, 0.1) is 11.8 Å². The molecule has 3 atom stereocenters. The van der Waals surface area contributed by atoms with Gasteiger partial charge >= 0.3 is 0 Å². The fourth-order valence-electron chi connectivity index (χ4n) is 8.22. The van der Waals surface area contributed by atoms with Gasteiger partial charge in [0.1, 0.15) is 0 Å². The first-order chi connectivity index (χ1) is 28.4. The molecular formula is C53H66O4Si2. The van der Waals surface area contributed by atoms with E-state index in [4.69, 9.17) is 18.3 Å². The Morgan fingerprint density at radius 3 is 1.68 bits per heavy atom. The van der Waals surface area contributed by atoms with Gasteiger partial charge in [-0.3, -0.25) is 0 Å². The Bertz CT molecular complexity index is 1950. The van der Waals surface area contributed by atoms with Gasteiger partial charge in [-0.05, 0) is 68.2 Å². The fourth-order valence-corrected chi connectivity index (χ4v) is 17.5. The molecule has 0 amide bonds. The highest BCUT2D eigenvalue weighted by Gasteiger charge is 2.52. The molecule has 0 radical (unpaired) electrons. The van der Waals surface area contributed by atoms with Crippen LogP contribution in [0.4, 0.5) is 0 Å². The van der Waals surface area contributed by atoms with Crippen molar-refractivity contribution in [2.45, 2.75) is 116 Å². The van der Waals surface area contributed by atoms with Gasteiger partial charge in [0.15, 0.2) is 5.76 Å². The number of methoxy groups -OCH3 is 1. The molecule has 0 spiro atoms. The maximum absolute atomic E-state index is 7.54. The highest BCUT2D eigenvalue weighted by Crippen LogP contribution is 2.40. The van der Waals surface area contributed by atoms with Crippen LogP contribution >= 0.6 is 0 Å². The molecule has 0 unspecified atom stereocenters. The lowest BCUT2D eigenvalue weighted by Crippen LogP contribution is -2.67. The number of unbranched alkanes of at least 4 members (excludes halogenated alkanes) is 3. The van der Waals surface area contributed by atoms with E-state index >= 15 is 0 Å². The Morgan fingerprint density at radius 1 is 0.695 bits per heavy atom. The molecule has 310 valence electrons. The van der Waals surface area contributed by atoms with Crippen molar-refractivity contribution in [2.24, 2.45) is 0 Å². The van der Waals surface area contributed by atoms with Crippen LogP contribution in [-0.4, -0.2) is 42.2 Å². The lowest BCUT2D eigenvalue weighted by atomic mass is 10.1. The van der Waals surface area contributed by atoms with Crippen LogP contribution in [0.1, 0.15) is 87.0 Å². The molecule has 0 saturated carbocycles. The van der Waals surface area contributed by atoms with Crippen LogP contribution in [0.3, 0.4) is 0 Å². The van der Waals surface area contributed by atoms with Gasteiger partial charge in [0.25, 0.3) is 16.6 Å². The van der Waals surface area contributed by atoms with Crippen molar-refractivity contribution in [3.8, 4) is 11.8 Å². The van der Waals surface area contributed by atoms with E-state index in [0.29, 0.717) is 12.2 Å². The molecule has 0 N–H and O–H groups in total. The van der Waals surface area contributed by atoms with E-state index in [2.05, 4.69) is 206 Å².